The molecule has 1 aliphatic carbocycles. The first kappa shape index (κ1) is 23.5. The van der Waals surface area contributed by atoms with Crippen molar-refractivity contribution in [1.29, 1.82) is 0 Å². The fraction of sp³-hybridized carbons (Fsp3) is 0.500. The van der Waals surface area contributed by atoms with Gasteiger partial charge in [0.05, 0.1) is 12.6 Å². The van der Waals surface area contributed by atoms with Crippen LogP contribution >= 0.6 is 0 Å². The van der Waals surface area contributed by atoms with E-state index < -0.39 is 17.7 Å². The summed E-state index contributed by atoms with van der Waals surface area (Å²) in [5, 5.41) is 6.32. The molecule has 2 N–H and O–H groups in total. The third-order valence-electron chi connectivity index (χ3n) is 7.70. The molecule has 0 spiro atoms. The second-order valence-electron chi connectivity index (χ2n) is 10.1. The van der Waals surface area contributed by atoms with Crippen LogP contribution in [0.15, 0.2) is 36.4 Å². The SMILES string of the molecule is CCOc1cccc2c1OC1(C)C(C(=O)Nc3ccc(C)cc3C)C2NC(=O)N1C1CCCCC1. The Hall–Kier alpha value is -3.22. The molecule has 3 atom stereocenters. The Morgan fingerprint density at radius 3 is 2.69 bits per heavy atom. The molecule has 3 unspecified atom stereocenters. The van der Waals surface area contributed by atoms with Crippen molar-refractivity contribution in [3.05, 3.63) is 53.1 Å². The van der Waals surface area contributed by atoms with Gasteiger partial charge in [0.2, 0.25) is 5.91 Å². The molecule has 2 bridgehead atoms. The van der Waals surface area contributed by atoms with Crippen molar-refractivity contribution in [2.24, 2.45) is 5.92 Å². The molecule has 186 valence electrons. The number of carbonyl (C=O) groups is 2. The molecule has 2 aromatic rings. The molecule has 3 aliphatic rings. The number of benzene rings is 2. The highest BCUT2D eigenvalue weighted by molar-refractivity contribution is 5.97. The number of hydrogen-bond acceptors (Lipinski definition) is 4. The van der Waals surface area contributed by atoms with E-state index in [4.69, 9.17) is 9.47 Å². The van der Waals surface area contributed by atoms with Gasteiger partial charge in [0.15, 0.2) is 17.2 Å². The van der Waals surface area contributed by atoms with E-state index in [0.29, 0.717) is 18.1 Å². The molecule has 7 nitrogen and oxygen atoms in total. The van der Waals surface area contributed by atoms with E-state index in [-0.39, 0.29) is 18.0 Å². The summed E-state index contributed by atoms with van der Waals surface area (Å²) in [4.78, 5) is 29.3. The van der Waals surface area contributed by atoms with Crippen LogP contribution < -0.4 is 20.1 Å². The highest BCUT2D eigenvalue weighted by Crippen LogP contribution is 2.52. The van der Waals surface area contributed by atoms with E-state index in [1.807, 2.05) is 58.0 Å². The van der Waals surface area contributed by atoms with Crippen LogP contribution in [0.2, 0.25) is 0 Å². The van der Waals surface area contributed by atoms with Gasteiger partial charge < -0.3 is 20.1 Å². The van der Waals surface area contributed by atoms with E-state index in [2.05, 4.69) is 16.7 Å². The zero-order valence-electron chi connectivity index (χ0n) is 21.0. The average Bonchev–Trinajstić information content (AvgIpc) is 2.82. The van der Waals surface area contributed by atoms with E-state index in [1.54, 1.807) is 4.90 Å². The monoisotopic (exact) mass is 477 g/mol. The van der Waals surface area contributed by atoms with Gasteiger partial charge in [-0.3, -0.25) is 9.69 Å². The van der Waals surface area contributed by atoms with Gasteiger partial charge in [-0.1, -0.05) is 49.1 Å². The number of ether oxygens (including phenoxy) is 2. The van der Waals surface area contributed by atoms with Crippen molar-refractivity contribution in [3.63, 3.8) is 0 Å². The second kappa shape index (κ2) is 9.10. The number of para-hydroxylation sites is 1. The highest BCUT2D eigenvalue weighted by atomic mass is 16.5. The first-order chi connectivity index (χ1) is 16.8. The Morgan fingerprint density at radius 1 is 1.20 bits per heavy atom. The molecular formula is C28H35N3O4. The smallest absolute Gasteiger partial charge is 0.321 e. The maximum Gasteiger partial charge on any atom is 0.321 e. The summed E-state index contributed by atoms with van der Waals surface area (Å²) in [6.07, 6.45) is 5.10. The Morgan fingerprint density at radius 2 is 1.97 bits per heavy atom. The average molecular weight is 478 g/mol. The number of anilines is 1. The van der Waals surface area contributed by atoms with Crippen LogP contribution in [0, 0.1) is 19.8 Å². The van der Waals surface area contributed by atoms with E-state index >= 15 is 0 Å². The number of amides is 3. The fourth-order valence-corrected chi connectivity index (χ4v) is 6.11. The Labute approximate surface area is 207 Å². The van der Waals surface area contributed by atoms with E-state index in [0.717, 1.165) is 48.1 Å². The standard InChI is InChI=1S/C28H35N3O4/c1-5-34-22-13-9-12-20-24-23(26(32)29-21-15-14-17(2)16-18(21)3)28(4,35-25(20)22)31(27(33)30-24)19-10-7-6-8-11-19/h9,12-16,19,23-24H,5-8,10-11H2,1-4H3,(H,29,32)(H,30,33). The zero-order valence-corrected chi connectivity index (χ0v) is 21.0. The molecule has 2 aromatic carbocycles. The number of urea groups is 1. The number of aryl methyl sites for hydroxylation is 2. The van der Waals surface area contributed by atoms with Gasteiger partial charge in [0.25, 0.3) is 0 Å². The lowest BCUT2D eigenvalue weighted by atomic mass is 9.77. The van der Waals surface area contributed by atoms with Gasteiger partial charge in [0.1, 0.15) is 5.92 Å². The summed E-state index contributed by atoms with van der Waals surface area (Å²) in [6.45, 7) is 8.34. The summed E-state index contributed by atoms with van der Waals surface area (Å²) < 4.78 is 12.6. The number of hydrogen-bond donors (Lipinski definition) is 2. The molecule has 2 aliphatic heterocycles. The summed E-state index contributed by atoms with van der Waals surface area (Å²) in [6, 6.07) is 11.0. The summed E-state index contributed by atoms with van der Waals surface area (Å²) in [5.41, 5.74) is 2.52. The molecular weight excluding hydrogens is 442 g/mol. The lowest BCUT2D eigenvalue weighted by molar-refractivity contribution is -0.163. The molecule has 5 rings (SSSR count). The van der Waals surface area contributed by atoms with E-state index in [1.165, 1.54) is 6.42 Å². The molecule has 2 heterocycles. The van der Waals surface area contributed by atoms with Crippen molar-refractivity contribution >= 4 is 17.6 Å². The number of fused-ring (bicyclic) bond motifs is 4. The maximum atomic E-state index is 14.0. The zero-order chi connectivity index (χ0) is 24.7. The minimum atomic E-state index is -1.15. The predicted octanol–water partition coefficient (Wildman–Crippen LogP) is 5.46. The van der Waals surface area contributed by atoms with Gasteiger partial charge in [-0.15, -0.1) is 0 Å². The molecule has 7 heteroatoms. The van der Waals surface area contributed by atoms with Crippen LogP contribution in [0.5, 0.6) is 11.5 Å². The number of carbonyl (C=O) groups excluding carboxylic acids is 2. The Balaban J connectivity index is 1.59. The highest BCUT2D eigenvalue weighted by Gasteiger charge is 2.61. The third-order valence-corrected chi connectivity index (χ3v) is 7.70. The predicted molar refractivity (Wildman–Crippen MR) is 135 cm³/mol. The lowest BCUT2D eigenvalue weighted by Gasteiger charge is -2.57. The van der Waals surface area contributed by atoms with Gasteiger partial charge >= 0.3 is 6.03 Å². The summed E-state index contributed by atoms with van der Waals surface area (Å²) in [7, 11) is 0. The van der Waals surface area contributed by atoms with Crippen molar-refractivity contribution in [2.75, 3.05) is 11.9 Å². The van der Waals surface area contributed by atoms with E-state index in [9.17, 15) is 9.59 Å². The molecule has 0 radical (unpaired) electrons. The van der Waals surface area contributed by atoms with Crippen molar-refractivity contribution in [2.45, 2.75) is 77.6 Å². The molecule has 1 saturated carbocycles. The van der Waals surface area contributed by atoms with Crippen LogP contribution in [0.3, 0.4) is 0 Å². The lowest BCUT2D eigenvalue weighted by Crippen LogP contribution is -2.73. The largest absolute Gasteiger partial charge is 0.490 e. The number of nitrogens with zero attached hydrogens (tertiary/aromatic N) is 1. The maximum absolute atomic E-state index is 14.0. The van der Waals surface area contributed by atoms with Crippen molar-refractivity contribution in [3.8, 4) is 11.5 Å². The van der Waals surface area contributed by atoms with Crippen LogP contribution in [0.4, 0.5) is 10.5 Å². The molecule has 35 heavy (non-hydrogen) atoms. The van der Waals surface area contributed by atoms with Crippen molar-refractivity contribution in [1.82, 2.24) is 10.2 Å². The van der Waals surface area contributed by atoms with Gasteiger partial charge in [-0.2, -0.15) is 0 Å². The molecule has 1 saturated heterocycles. The van der Waals surface area contributed by atoms with Gasteiger partial charge in [0, 0.05) is 17.3 Å². The fourth-order valence-electron chi connectivity index (χ4n) is 6.11. The molecule has 3 amide bonds. The number of nitrogens with one attached hydrogen (secondary N) is 2. The molecule has 0 aromatic heterocycles. The van der Waals surface area contributed by atoms with Gasteiger partial charge in [-0.05, 0) is 58.2 Å². The van der Waals surface area contributed by atoms with Crippen molar-refractivity contribution < 1.29 is 19.1 Å². The Kier molecular flexibility index (Phi) is 6.11. The minimum Gasteiger partial charge on any atom is -0.490 e. The van der Waals surface area contributed by atoms with Crippen LogP contribution in [0.25, 0.3) is 0 Å². The van der Waals surface area contributed by atoms with Crippen LogP contribution in [0.1, 0.15) is 68.7 Å². The van der Waals surface area contributed by atoms with Crippen LogP contribution in [-0.4, -0.2) is 35.2 Å². The first-order valence-electron chi connectivity index (χ1n) is 12.8. The molecule has 2 fully saturated rings. The number of rotatable bonds is 5. The second-order valence-corrected chi connectivity index (χ2v) is 10.1. The topological polar surface area (TPSA) is 79.9 Å². The normalized spacial score (nSPS) is 25.8. The summed E-state index contributed by atoms with van der Waals surface area (Å²) in [5.74, 6) is 0.428. The Bertz CT molecular complexity index is 1140. The first-order valence-corrected chi connectivity index (χ1v) is 12.8. The quantitative estimate of drug-likeness (QED) is 0.599. The summed E-state index contributed by atoms with van der Waals surface area (Å²) >= 11 is 0. The minimum absolute atomic E-state index is 0.0203. The third kappa shape index (κ3) is 4.01. The van der Waals surface area contributed by atoms with Gasteiger partial charge in [-0.25, -0.2) is 4.79 Å². The van der Waals surface area contributed by atoms with Crippen LogP contribution in [-0.2, 0) is 4.79 Å².